The van der Waals surface area contributed by atoms with Gasteiger partial charge in [-0.15, -0.1) is 0 Å². The summed E-state index contributed by atoms with van der Waals surface area (Å²) >= 11 is 0. The van der Waals surface area contributed by atoms with Crippen LogP contribution in [-0.2, 0) is 0 Å². The Balaban J connectivity index is 3.71. The molecule has 0 unspecified atom stereocenters. The van der Waals surface area contributed by atoms with Gasteiger partial charge in [-0.3, -0.25) is 4.99 Å². The second-order valence-electron chi connectivity index (χ2n) is 1.98. The summed E-state index contributed by atoms with van der Waals surface area (Å²) in [5, 5.41) is 0. The number of hydrogen-bond donors (Lipinski definition) is 0. The molecule has 9 heavy (non-hydrogen) atoms. The van der Waals surface area contributed by atoms with E-state index >= 15 is 0 Å². The van der Waals surface area contributed by atoms with Crippen molar-refractivity contribution in [2.24, 2.45) is 9.98 Å². The first kappa shape index (κ1) is 8.14. The van der Waals surface area contributed by atoms with Gasteiger partial charge < -0.3 is 4.90 Å². The van der Waals surface area contributed by atoms with E-state index in [2.05, 4.69) is 9.98 Å². The highest BCUT2D eigenvalue weighted by Crippen LogP contribution is 1.75. The first-order chi connectivity index (χ1) is 4.16. The first-order valence-electron chi connectivity index (χ1n) is 2.81. The van der Waals surface area contributed by atoms with Crippen LogP contribution >= 0.6 is 0 Å². The van der Waals surface area contributed by atoms with E-state index in [9.17, 15) is 0 Å². The van der Waals surface area contributed by atoms with Gasteiger partial charge in [0.05, 0.1) is 6.34 Å². The van der Waals surface area contributed by atoms with E-state index in [4.69, 9.17) is 0 Å². The van der Waals surface area contributed by atoms with Gasteiger partial charge in [-0.25, -0.2) is 4.99 Å². The Labute approximate surface area is 56.1 Å². The molecule has 0 N–H and O–H groups in total. The summed E-state index contributed by atoms with van der Waals surface area (Å²) in [4.78, 5) is 9.72. The third-order valence-corrected chi connectivity index (χ3v) is 0.799. The van der Waals surface area contributed by atoms with E-state index in [0.717, 1.165) is 5.84 Å². The van der Waals surface area contributed by atoms with Crippen molar-refractivity contribution in [1.29, 1.82) is 0 Å². The summed E-state index contributed by atoms with van der Waals surface area (Å²) in [6.45, 7) is 1.86. The van der Waals surface area contributed by atoms with E-state index in [-0.39, 0.29) is 0 Å². The molecule has 0 aliphatic heterocycles. The van der Waals surface area contributed by atoms with Crippen LogP contribution in [0.25, 0.3) is 0 Å². The van der Waals surface area contributed by atoms with Crippen molar-refractivity contribution in [2.45, 2.75) is 6.92 Å². The molecule has 0 heterocycles. The first-order valence-corrected chi connectivity index (χ1v) is 2.81. The Morgan fingerprint density at radius 2 is 2.00 bits per heavy atom. The minimum absolute atomic E-state index is 0.795. The van der Waals surface area contributed by atoms with Crippen molar-refractivity contribution in [1.82, 2.24) is 4.90 Å². The summed E-state index contributed by atoms with van der Waals surface area (Å²) in [7, 11) is 5.57. The van der Waals surface area contributed by atoms with Crippen LogP contribution in [0.4, 0.5) is 0 Å². The summed E-state index contributed by atoms with van der Waals surface area (Å²) in [6, 6.07) is 0. The SMILES string of the molecule is C/N=C(C)\N=C/N(C)C. The minimum atomic E-state index is 0.795. The molecule has 0 aromatic carbocycles. The van der Waals surface area contributed by atoms with Crippen molar-refractivity contribution >= 4 is 12.2 Å². The normalized spacial score (nSPS) is 12.7. The van der Waals surface area contributed by atoms with Gasteiger partial charge in [0.25, 0.3) is 0 Å². The van der Waals surface area contributed by atoms with Crippen LogP contribution in [0.5, 0.6) is 0 Å². The maximum Gasteiger partial charge on any atom is 0.121 e. The summed E-state index contributed by atoms with van der Waals surface area (Å²) in [5.41, 5.74) is 0. The topological polar surface area (TPSA) is 28.0 Å². The molecule has 0 bridgehead atoms. The fraction of sp³-hybridized carbons (Fsp3) is 0.667. The van der Waals surface area contributed by atoms with Gasteiger partial charge in [-0.05, 0) is 6.92 Å². The molecule has 0 spiro atoms. The minimum Gasteiger partial charge on any atom is -0.369 e. The fourth-order valence-electron chi connectivity index (χ4n) is 0.257. The van der Waals surface area contributed by atoms with Gasteiger partial charge in [-0.2, -0.15) is 0 Å². The van der Waals surface area contributed by atoms with E-state index in [1.807, 2.05) is 25.9 Å². The molecule has 0 rings (SSSR count). The largest absolute Gasteiger partial charge is 0.369 e. The average molecular weight is 127 g/mol. The van der Waals surface area contributed by atoms with E-state index in [1.165, 1.54) is 0 Å². The lowest BCUT2D eigenvalue weighted by molar-refractivity contribution is 0.644. The molecule has 3 heteroatoms. The molecule has 0 saturated carbocycles. The molecule has 0 atom stereocenters. The summed E-state index contributed by atoms with van der Waals surface area (Å²) in [6.07, 6.45) is 1.72. The number of aliphatic imine (C=N–C) groups is 2. The van der Waals surface area contributed by atoms with Crippen LogP contribution in [0.1, 0.15) is 6.92 Å². The lowest BCUT2D eigenvalue weighted by atomic mass is 10.7. The lowest BCUT2D eigenvalue weighted by Gasteiger charge is -2.00. The maximum atomic E-state index is 3.99. The zero-order chi connectivity index (χ0) is 7.28. The second-order valence-corrected chi connectivity index (χ2v) is 1.98. The molecule has 52 valence electrons. The van der Waals surface area contributed by atoms with Gasteiger partial charge >= 0.3 is 0 Å². The molecule has 0 aliphatic carbocycles. The molecule has 0 radical (unpaired) electrons. The third kappa shape index (κ3) is 5.00. The van der Waals surface area contributed by atoms with Crippen LogP contribution in [0.15, 0.2) is 9.98 Å². The predicted octanol–water partition coefficient (Wildman–Crippen LogP) is 0.625. The quantitative estimate of drug-likeness (QED) is 0.375. The smallest absolute Gasteiger partial charge is 0.121 e. The van der Waals surface area contributed by atoms with Crippen molar-refractivity contribution in [3.63, 3.8) is 0 Å². The van der Waals surface area contributed by atoms with Crippen LogP contribution in [0.2, 0.25) is 0 Å². The van der Waals surface area contributed by atoms with Crippen molar-refractivity contribution in [3.8, 4) is 0 Å². The molecule has 3 nitrogen and oxygen atoms in total. The van der Waals surface area contributed by atoms with Gasteiger partial charge in [0.1, 0.15) is 5.84 Å². The van der Waals surface area contributed by atoms with E-state index in [1.54, 1.807) is 13.4 Å². The Bertz CT molecular complexity index is 124. The van der Waals surface area contributed by atoms with E-state index in [0.29, 0.717) is 0 Å². The molecular formula is C6H13N3. The standard InChI is InChI=1S/C6H13N3/c1-6(7-2)8-5-9(3)4/h5H,1-4H3/b7-6-,8-5-. The summed E-state index contributed by atoms with van der Waals surface area (Å²) in [5.74, 6) is 0.795. The summed E-state index contributed by atoms with van der Waals surface area (Å²) < 4.78 is 0. The highest BCUT2D eigenvalue weighted by molar-refractivity contribution is 5.86. The zero-order valence-electron chi connectivity index (χ0n) is 6.42. The number of hydrogen-bond acceptors (Lipinski definition) is 1. The van der Waals surface area contributed by atoms with Gasteiger partial charge in [0.2, 0.25) is 0 Å². The number of nitrogens with zero attached hydrogens (tertiary/aromatic N) is 3. The molecule has 0 aromatic rings. The Hall–Kier alpha value is -0.860. The lowest BCUT2D eigenvalue weighted by Crippen LogP contribution is -2.08. The Morgan fingerprint density at radius 1 is 1.44 bits per heavy atom. The van der Waals surface area contributed by atoms with Gasteiger partial charge in [0.15, 0.2) is 0 Å². The van der Waals surface area contributed by atoms with Gasteiger partial charge in [0, 0.05) is 21.1 Å². The van der Waals surface area contributed by atoms with Crippen LogP contribution < -0.4 is 0 Å². The van der Waals surface area contributed by atoms with Crippen molar-refractivity contribution in [2.75, 3.05) is 21.1 Å². The molecule has 0 aromatic heterocycles. The third-order valence-electron chi connectivity index (χ3n) is 0.799. The molecule has 0 aliphatic rings. The highest BCUT2D eigenvalue weighted by atomic mass is 15.1. The molecule has 0 amide bonds. The molecule has 0 saturated heterocycles. The van der Waals surface area contributed by atoms with Crippen LogP contribution in [0.3, 0.4) is 0 Å². The number of rotatable bonds is 1. The predicted molar refractivity (Wildman–Crippen MR) is 41.2 cm³/mol. The number of amidine groups is 1. The van der Waals surface area contributed by atoms with Crippen molar-refractivity contribution in [3.05, 3.63) is 0 Å². The highest BCUT2D eigenvalue weighted by Gasteiger charge is 1.79. The second kappa shape index (κ2) is 4.06. The van der Waals surface area contributed by atoms with Crippen molar-refractivity contribution < 1.29 is 0 Å². The fourth-order valence-corrected chi connectivity index (χ4v) is 0.257. The maximum absolute atomic E-state index is 3.99. The monoisotopic (exact) mass is 127 g/mol. The molecular weight excluding hydrogens is 114 g/mol. The van der Waals surface area contributed by atoms with Crippen LogP contribution in [-0.4, -0.2) is 38.2 Å². The molecule has 0 fully saturated rings. The zero-order valence-corrected chi connectivity index (χ0v) is 6.42. The van der Waals surface area contributed by atoms with E-state index < -0.39 is 0 Å². The van der Waals surface area contributed by atoms with Crippen LogP contribution in [0, 0.1) is 0 Å². The average Bonchev–Trinajstić information content (AvgIpc) is 1.83. The Kier molecular flexibility index (Phi) is 3.67. The van der Waals surface area contributed by atoms with Gasteiger partial charge in [-0.1, -0.05) is 0 Å². The Morgan fingerprint density at radius 3 is 2.33 bits per heavy atom.